The molecule has 0 aromatic heterocycles. The maximum atomic E-state index is 13.9. The summed E-state index contributed by atoms with van der Waals surface area (Å²) in [4.78, 5) is 0. The summed E-state index contributed by atoms with van der Waals surface area (Å²) in [5.74, 6) is 0.237. The van der Waals surface area contributed by atoms with E-state index in [1.807, 2.05) is 13.0 Å². The van der Waals surface area contributed by atoms with Crippen LogP contribution in [0.1, 0.15) is 37.0 Å². The monoisotopic (exact) mass is 251 g/mol. The Morgan fingerprint density at radius 3 is 3.06 bits per heavy atom. The van der Waals surface area contributed by atoms with Gasteiger partial charge in [0.25, 0.3) is 0 Å². The van der Waals surface area contributed by atoms with Gasteiger partial charge in [0, 0.05) is 24.6 Å². The molecule has 18 heavy (non-hydrogen) atoms. The van der Waals surface area contributed by atoms with E-state index in [2.05, 4.69) is 12.2 Å². The molecule has 0 amide bonds. The molecule has 1 saturated heterocycles. The lowest BCUT2D eigenvalue weighted by Crippen LogP contribution is -2.25. The SMILES string of the molecule is CCCNCC1CCOC1c1cc(C)ccc1F. The predicted octanol–water partition coefficient (Wildman–Crippen LogP) is 3.21. The summed E-state index contributed by atoms with van der Waals surface area (Å²) >= 11 is 0. The van der Waals surface area contributed by atoms with E-state index >= 15 is 0 Å². The molecule has 3 heteroatoms. The molecule has 1 N–H and O–H groups in total. The van der Waals surface area contributed by atoms with Gasteiger partial charge < -0.3 is 10.1 Å². The number of halogens is 1. The van der Waals surface area contributed by atoms with Crippen molar-refractivity contribution in [3.8, 4) is 0 Å². The zero-order valence-electron chi connectivity index (χ0n) is 11.2. The van der Waals surface area contributed by atoms with Crippen molar-refractivity contribution in [1.82, 2.24) is 5.32 Å². The van der Waals surface area contributed by atoms with Crippen LogP contribution in [0.4, 0.5) is 4.39 Å². The van der Waals surface area contributed by atoms with Gasteiger partial charge in [-0.2, -0.15) is 0 Å². The van der Waals surface area contributed by atoms with Crippen LogP contribution in [0.2, 0.25) is 0 Å². The summed E-state index contributed by atoms with van der Waals surface area (Å²) < 4.78 is 19.6. The van der Waals surface area contributed by atoms with Crippen LogP contribution in [0.25, 0.3) is 0 Å². The number of aryl methyl sites for hydroxylation is 1. The predicted molar refractivity (Wildman–Crippen MR) is 71.1 cm³/mol. The minimum atomic E-state index is -0.145. The van der Waals surface area contributed by atoms with Crippen molar-refractivity contribution < 1.29 is 9.13 Å². The van der Waals surface area contributed by atoms with Crippen LogP contribution in [-0.4, -0.2) is 19.7 Å². The highest BCUT2D eigenvalue weighted by Crippen LogP contribution is 2.35. The number of nitrogens with one attached hydrogen (secondary N) is 1. The Morgan fingerprint density at radius 2 is 2.28 bits per heavy atom. The number of hydrogen-bond acceptors (Lipinski definition) is 2. The van der Waals surface area contributed by atoms with E-state index in [0.29, 0.717) is 5.92 Å². The molecule has 2 atom stereocenters. The van der Waals surface area contributed by atoms with E-state index in [-0.39, 0.29) is 11.9 Å². The third-order valence-electron chi connectivity index (χ3n) is 3.51. The number of ether oxygens (including phenoxy) is 1. The highest BCUT2D eigenvalue weighted by molar-refractivity contribution is 5.27. The molecule has 0 aliphatic carbocycles. The summed E-state index contributed by atoms with van der Waals surface area (Å²) in [6, 6.07) is 5.26. The molecule has 100 valence electrons. The fourth-order valence-corrected chi connectivity index (χ4v) is 2.53. The summed E-state index contributed by atoms with van der Waals surface area (Å²) in [6.45, 7) is 6.79. The van der Waals surface area contributed by atoms with Crippen LogP contribution < -0.4 is 5.32 Å². The number of benzene rings is 1. The molecule has 1 aromatic carbocycles. The Balaban J connectivity index is 2.08. The molecule has 1 aromatic rings. The van der Waals surface area contributed by atoms with Gasteiger partial charge in [-0.3, -0.25) is 0 Å². The third kappa shape index (κ3) is 3.09. The summed E-state index contributed by atoms with van der Waals surface area (Å²) in [7, 11) is 0. The molecule has 0 bridgehead atoms. The van der Waals surface area contributed by atoms with Crippen LogP contribution >= 0.6 is 0 Å². The van der Waals surface area contributed by atoms with Crippen LogP contribution in [0.3, 0.4) is 0 Å². The highest BCUT2D eigenvalue weighted by atomic mass is 19.1. The smallest absolute Gasteiger partial charge is 0.129 e. The Morgan fingerprint density at radius 1 is 1.44 bits per heavy atom. The second-order valence-corrected chi connectivity index (χ2v) is 5.07. The van der Waals surface area contributed by atoms with E-state index in [9.17, 15) is 4.39 Å². The summed E-state index contributed by atoms with van der Waals surface area (Å²) in [6.07, 6.45) is 2.04. The van der Waals surface area contributed by atoms with Crippen molar-refractivity contribution in [2.24, 2.45) is 5.92 Å². The number of hydrogen-bond donors (Lipinski definition) is 1. The average Bonchev–Trinajstić information content (AvgIpc) is 2.81. The first-order chi connectivity index (χ1) is 8.72. The van der Waals surface area contributed by atoms with Gasteiger partial charge in [-0.1, -0.05) is 24.6 Å². The standard InChI is InChI=1S/C15H22FNO/c1-3-7-17-10-12-6-8-18-15(12)13-9-11(2)4-5-14(13)16/h4-5,9,12,15,17H,3,6-8,10H2,1-2H3. The van der Waals surface area contributed by atoms with Crippen molar-refractivity contribution in [2.75, 3.05) is 19.7 Å². The first kappa shape index (κ1) is 13.5. The van der Waals surface area contributed by atoms with Crippen LogP contribution in [0.5, 0.6) is 0 Å². The van der Waals surface area contributed by atoms with Crippen molar-refractivity contribution in [3.63, 3.8) is 0 Å². The van der Waals surface area contributed by atoms with Gasteiger partial charge in [0.15, 0.2) is 0 Å². The molecule has 0 saturated carbocycles. The minimum Gasteiger partial charge on any atom is -0.373 e. The van der Waals surface area contributed by atoms with Crippen molar-refractivity contribution in [3.05, 3.63) is 35.1 Å². The molecule has 2 rings (SSSR count). The topological polar surface area (TPSA) is 21.3 Å². The fraction of sp³-hybridized carbons (Fsp3) is 0.600. The molecule has 1 heterocycles. The zero-order chi connectivity index (χ0) is 13.0. The summed E-state index contributed by atoms with van der Waals surface area (Å²) in [5, 5.41) is 3.41. The van der Waals surface area contributed by atoms with Gasteiger partial charge >= 0.3 is 0 Å². The van der Waals surface area contributed by atoms with E-state index in [4.69, 9.17) is 4.74 Å². The Hall–Kier alpha value is -0.930. The Kier molecular flexibility index (Phi) is 4.72. The quantitative estimate of drug-likeness (QED) is 0.811. The lowest BCUT2D eigenvalue weighted by atomic mass is 9.94. The summed E-state index contributed by atoms with van der Waals surface area (Å²) in [5.41, 5.74) is 1.80. The Labute approximate surface area is 109 Å². The van der Waals surface area contributed by atoms with Crippen LogP contribution in [-0.2, 0) is 4.74 Å². The van der Waals surface area contributed by atoms with Gasteiger partial charge in [-0.05, 0) is 32.4 Å². The van der Waals surface area contributed by atoms with Crippen molar-refractivity contribution in [1.29, 1.82) is 0 Å². The Bertz CT molecular complexity index is 394. The average molecular weight is 251 g/mol. The van der Waals surface area contributed by atoms with Crippen molar-refractivity contribution >= 4 is 0 Å². The first-order valence-electron chi connectivity index (χ1n) is 6.80. The normalized spacial score (nSPS) is 23.5. The van der Waals surface area contributed by atoms with Gasteiger partial charge in [-0.25, -0.2) is 4.39 Å². The second-order valence-electron chi connectivity index (χ2n) is 5.07. The first-order valence-corrected chi connectivity index (χ1v) is 6.80. The maximum absolute atomic E-state index is 13.9. The molecule has 2 unspecified atom stereocenters. The van der Waals surface area contributed by atoms with E-state index < -0.39 is 0 Å². The third-order valence-corrected chi connectivity index (χ3v) is 3.51. The highest BCUT2D eigenvalue weighted by Gasteiger charge is 2.31. The van der Waals surface area contributed by atoms with Gasteiger partial charge in [0.2, 0.25) is 0 Å². The van der Waals surface area contributed by atoms with Gasteiger partial charge in [-0.15, -0.1) is 0 Å². The minimum absolute atomic E-state index is 0.0887. The van der Waals surface area contributed by atoms with Crippen LogP contribution in [0.15, 0.2) is 18.2 Å². The number of rotatable bonds is 5. The lowest BCUT2D eigenvalue weighted by Gasteiger charge is -2.20. The van der Waals surface area contributed by atoms with Crippen molar-refractivity contribution in [2.45, 2.75) is 32.8 Å². The molecule has 0 radical (unpaired) electrons. The molecule has 1 aliphatic rings. The molecular formula is C15H22FNO. The molecule has 2 nitrogen and oxygen atoms in total. The van der Waals surface area contributed by atoms with Gasteiger partial charge in [0.1, 0.15) is 5.82 Å². The second kappa shape index (κ2) is 6.30. The molecule has 1 fully saturated rings. The zero-order valence-corrected chi connectivity index (χ0v) is 11.2. The molecule has 0 spiro atoms. The largest absolute Gasteiger partial charge is 0.373 e. The lowest BCUT2D eigenvalue weighted by molar-refractivity contribution is 0.0875. The fourth-order valence-electron chi connectivity index (χ4n) is 2.53. The molecule has 1 aliphatic heterocycles. The van der Waals surface area contributed by atoms with E-state index in [1.54, 1.807) is 12.1 Å². The van der Waals surface area contributed by atoms with Crippen LogP contribution in [0, 0.1) is 18.7 Å². The van der Waals surface area contributed by atoms with E-state index in [0.717, 1.165) is 43.7 Å². The maximum Gasteiger partial charge on any atom is 0.129 e. The van der Waals surface area contributed by atoms with E-state index in [1.165, 1.54) is 0 Å². The molecular weight excluding hydrogens is 229 g/mol. The van der Waals surface area contributed by atoms with Gasteiger partial charge in [0.05, 0.1) is 6.10 Å².